The molecule has 1 heterocycles. The van der Waals surface area contributed by atoms with Crippen molar-refractivity contribution in [2.45, 2.75) is 6.04 Å². The van der Waals surface area contributed by atoms with E-state index in [1.807, 2.05) is 50.6 Å². The molecule has 1 aromatic heterocycles. The van der Waals surface area contributed by atoms with Gasteiger partial charge in [-0.3, -0.25) is 4.90 Å². The van der Waals surface area contributed by atoms with Crippen LogP contribution in [0.3, 0.4) is 0 Å². The van der Waals surface area contributed by atoms with Crippen molar-refractivity contribution in [2.75, 3.05) is 21.2 Å². The molecule has 0 bridgehead atoms. The van der Waals surface area contributed by atoms with Gasteiger partial charge in [0.25, 0.3) is 0 Å². The molecule has 0 fully saturated rings. The molecule has 1 unspecified atom stereocenters. The van der Waals surface area contributed by atoms with E-state index in [9.17, 15) is 5.11 Å². The van der Waals surface area contributed by atoms with E-state index in [0.29, 0.717) is 10.8 Å². The van der Waals surface area contributed by atoms with Gasteiger partial charge in [-0.15, -0.1) is 0 Å². The van der Waals surface area contributed by atoms with Crippen molar-refractivity contribution in [1.82, 2.24) is 9.88 Å². The molecule has 0 aliphatic rings. The molecule has 0 saturated carbocycles. The molecule has 3 aromatic rings. The van der Waals surface area contributed by atoms with Crippen LogP contribution in [0.25, 0.3) is 10.9 Å². The van der Waals surface area contributed by atoms with Gasteiger partial charge in [0.2, 0.25) is 0 Å². The first kappa shape index (κ1) is 15.7. The minimum Gasteiger partial charge on any atom is -0.504 e. The summed E-state index contributed by atoms with van der Waals surface area (Å²) in [6.07, 6.45) is 2.00. The van der Waals surface area contributed by atoms with Crippen molar-refractivity contribution < 1.29 is 9.84 Å². The first-order valence-corrected chi connectivity index (χ1v) is 7.69. The lowest BCUT2D eigenvalue weighted by molar-refractivity contribution is 0.339. The van der Waals surface area contributed by atoms with Crippen LogP contribution in [0.4, 0.5) is 0 Å². The molecule has 0 spiro atoms. The van der Waals surface area contributed by atoms with Gasteiger partial charge in [0.05, 0.1) is 13.2 Å². The number of phenols is 1. The van der Waals surface area contributed by atoms with E-state index in [2.05, 4.69) is 9.88 Å². The van der Waals surface area contributed by atoms with Crippen LogP contribution in [0.2, 0.25) is 5.02 Å². The Morgan fingerprint density at radius 1 is 1.17 bits per heavy atom. The fraction of sp³-hybridized carbons (Fsp3) is 0.222. The van der Waals surface area contributed by atoms with Crippen LogP contribution in [0.15, 0.2) is 42.6 Å². The number of aromatic amines is 1. The first-order chi connectivity index (χ1) is 11.0. The monoisotopic (exact) mass is 330 g/mol. The molecule has 23 heavy (non-hydrogen) atoms. The number of hydrogen-bond donors (Lipinski definition) is 2. The number of ether oxygens (including phenoxy) is 1. The second-order valence-electron chi connectivity index (χ2n) is 5.73. The highest BCUT2D eigenvalue weighted by Crippen LogP contribution is 2.36. The summed E-state index contributed by atoms with van der Waals surface area (Å²) >= 11 is 6.07. The molecule has 0 radical (unpaired) electrons. The van der Waals surface area contributed by atoms with E-state index in [4.69, 9.17) is 16.3 Å². The van der Waals surface area contributed by atoms with Crippen LogP contribution in [-0.2, 0) is 0 Å². The molecule has 1 atom stereocenters. The third kappa shape index (κ3) is 2.87. The lowest BCUT2D eigenvalue weighted by atomic mass is 9.97. The zero-order chi connectivity index (χ0) is 16.6. The number of aromatic nitrogens is 1. The molecule has 2 N–H and O–H groups in total. The number of nitrogens with one attached hydrogen (secondary N) is 1. The topological polar surface area (TPSA) is 48.5 Å². The Labute approximate surface area is 140 Å². The minimum absolute atomic E-state index is 0.0272. The quantitative estimate of drug-likeness (QED) is 0.754. The van der Waals surface area contributed by atoms with Crippen molar-refractivity contribution >= 4 is 22.5 Å². The van der Waals surface area contributed by atoms with Crippen molar-refractivity contribution in [3.05, 3.63) is 58.7 Å². The number of benzene rings is 2. The standard InChI is InChI=1S/C18H19ClN2O2/c1-21(2)18(11-4-7-16(22)17(8-11)23-3)14-10-20-15-9-12(19)5-6-13(14)15/h4-10,18,20,22H,1-3H3. The molecule has 4 nitrogen and oxygen atoms in total. The summed E-state index contributed by atoms with van der Waals surface area (Å²) < 4.78 is 5.24. The van der Waals surface area contributed by atoms with Gasteiger partial charge in [-0.1, -0.05) is 23.7 Å². The maximum Gasteiger partial charge on any atom is 0.160 e. The Morgan fingerprint density at radius 3 is 2.65 bits per heavy atom. The molecular formula is C18H19ClN2O2. The highest BCUT2D eigenvalue weighted by atomic mass is 35.5. The van der Waals surface area contributed by atoms with E-state index in [-0.39, 0.29) is 11.8 Å². The molecule has 2 aromatic carbocycles. The van der Waals surface area contributed by atoms with E-state index in [0.717, 1.165) is 22.0 Å². The highest BCUT2D eigenvalue weighted by molar-refractivity contribution is 6.31. The molecule has 0 aliphatic heterocycles. The molecule has 0 aliphatic carbocycles. The SMILES string of the molecule is COc1cc(C(c2c[nH]c3cc(Cl)ccc23)N(C)C)ccc1O. The van der Waals surface area contributed by atoms with Gasteiger partial charge in [0, 0.05) is 22.1 Å². The van der Waals surface area contributed by atoms with Crippen LogP contribution in [-0.4, -0.2) is 36.2 Å². The van der Waals surface area contributed by atoms with Gasteiger partial charge in [-0.2, -0.15) is 0 Å². The number of nitrogens with zero attached hydrogens (tertiary/aromatic N) is 1. The van der Waals surface area contributed by atoms with E-state index in [1.165, 1.54) is 0 Å². The predicted octanol–water partition coefficient (Wildman–Crippen LogP) is 4.19. The summed E-state index contributed by atoms with van der Waals surface area (Å²) in [6, 6.07) is 11.3. The largest absolute Gasteiger partial charge is 0.504 e. The number of H-pyrrole nitrogens is 1. The number of rotatable bonds is 4. The van der Waals surface area contributed by atoms with Gasteiger partial charge in [0.1, 0.15) is 0 Å². The smallest absolute Gasteiger partial charge is 0.160 e. The Bertz CT molecular complexity index is 842. The second-order valence-corrected chi connectivity index (χ2v) is 6.17. The molecular weight excluding hydrogens is 312 g/mol. The fourth-order valence-electron chi connectivity index (χ4n) is 2.97. The van der Waals surface area contributed by atoms with Crippen LogP contribution in [0.1, 0.15) is 17.2 Å². The number of fused-ring (bicyclic) bond motifs is 1. The normalized spacial score (nSPS) is 12.7. The van der Waals surface area contributed by atoms with Crippen molar-refractivity contribution in [3.8, 4) is 11.5 Å². The Balaban J connectivity index is 2.14. The van der Waals surface area contributed by atoms with Crippen LogP contribution >= 0.6 is 11.6 Å². The number of halogens is 1. The Kier molecular flexibility index (Phi) is 4.20. The number of phenolic OH excluding ortho intramolecular Hbond substituents is 1. The lowest BCUT2D eigenvalue weighted by Crippen LogP contribution is -2.20. The van der Waals surface area contributed by atoms with E-state index in [1.54, 1.807) is 13.2 Å². The number of hydrogen-bond acceptors (Lipinski definition) is 3. The van der Waals surface area contributed by atoms with Gasteiger partial charge in [-0.05, 0) is 49.5 Å². The third-order valence-corrected chi connectivity index (χ3v) is 4.24. The maximum absolute atomic E-state index is 9.83. The van der Waals surface area contributed by atoms with E-state index >= 15 is 0 Å². The lowest BCUT2D eigenvalue weighted by Gasteiger charge is -2.25. The van der Waals surface area contributed by atoms with Crippen LogP contribution in [0, 0.1) is 0 Å². The van der Waals surface area contributed by atoms with Gasteiger partial charge >= 0.3 is 0 Å². The summed E-state index contributed by atoms with van der Waals surface area (Å²) in [6.45, 7) is 0. The summed E-state index contributed by atoms with van der Waals surface area (Å²) in [4.78, 5) is 5.41. The Morgan fingerprint density at radius 2 is 1.96 bits per heavy atom. The predicted molar refractivity (Wildman–Crippen MR) is 93.5 cm³/mol. The van der Waals surface area contributed by atoms with E-state index < -0.39 is 0 Å². The molecule has 0 saturated heterocycles. The van der Waals surface area contributed by atoms with Crippen LogP contribution < -0.4 is 4.74 Å². The summed E-state index contributed by atoms with van der Waals surface area (Å²) in [5, 5.41) is 11.7. The average molecular weight is 331 g/mol. The van der Waals surface area contributed by atoms with Crippen molar-refractivity contribution in [2.24, 2.45) is 0 Å². The third-order valence-electron chi connectivity index (χ3n) is 4.01. The van der Waals surface area contributed by atoms with Crippen molar-refractivity contribution in [1.29, 1.82) is 0 Å². The zero-order valence-corrected chi connectivity index (χ0v) is 14.1. The fourth-order valence-corrected chi connectivity index (χ4v) is 3.14. The average Bonchev–Trinajstić information content (AvgIpc) is 2.91. The van der Waals surface area contributed by atoms with Gasteiger partial charge in [0.15, 0.2) is 11.5 Å². The molecule has 0 amide bonds. The number of aromatic hydroxyl groups is 1. The minimum atomic E-state index is 0.0272. The molecule has 3 rings (SSSR count). The summed E-state index contributed by atoms with van der Waals surface area (Å²) in [7, 11) is 5.61. The van der Waals surface area contributed by atoms with Crippen LogP contribution in [0.5, 0.6) is 11.5 Å². The molecule has 5 heteroatoms. The van der Waals surface area contributed by atoms with Gasteiger partial charge in [-0.25, -0.2) is 0 Å². The highest BCUT2D eigenvalue weighted by Gasteiger charge is 2.21. The van der Waals surface area contributed by atoms with Gasteiger partial charge < -0.3 is 14.8 Å². The maximum atomic E-state index is 9.83. The number of methoxy groups -OCH3 is 1. The van der Waals surface area contributed by atoms with Crippen molar-refractivity contribution in [3.63, 3.8) is 0 Å². The molecule has 120 valence electrons. The second kappa shape index (κ2) is 6.14. The first-order valence-electron chi connectivity index (χ1n) is 7.31. The zero-order valence-electron chi connectivity index (χ0n) is 13.3. The summed E-state index contributed by atoms with van der Waals surface area (Å²) in [5.41, 5.74) is 3.19. The Hall–Kier alpha value is -2.17. The summed E-state index contributed by atoms with van der Waals surface area (Å²) in [5.74, 6) is 0.608.